The predicted molar refractivity (Wildman–Crippen MR) is 492 cm³/mol. The van der Waals surface area contributed by atoms with E-state index in [1.54, 1.807) is 37.5 Å². The zero-order valence-electron chi connectivity index (χ0n) is 77.8. The van der Waals surface area contributed by atoms with Crippen LogP contribution in [-0.4, -0.2) is 334 Å². The molecule has 51 nitrogen and oxygen atoms in total. The number of benzene rings is 2. The lowest BCUT2D eigenvalue weighted by atomic mass is 9.98. The fraction of sp³-hybridized carbons (Fsp3) is 0.586. The second-order valence-corrected chi connectivity index (χ2v) is 33.6. The minimum Gasteiger partial charge on any atom is -0.508 e. The number of Topliss-reactive ketones (excluding diaryl/α,β-unsaturated/α-hetero) is 3. The number of nitrogens with zero attached hydrogens (tertiary/aromatic N) is 2. The Bertz CT molecular complexity index is 4750. The van der Waals surface area contributed by atoms with Gasteiger partial charge in [-0.25, -0.2) is 10.9 Å². The first-order valence-corrected chi connectivity index (χ1v) is 45.5. The lowest BCUT2D eigenvalue weighted by Gasteiger charge is -2.32. The molecule has 138 heavy (non-hydrogen) atoms. The third-order valence-corrected chi connectivity index (χ3v) is 22.6. The Morgan fingerprint density at radius 2 is 0.957 bits per heavy atom. The molecule has 762 valence electrons. The van der Waals surface area contributed by atoms with Crippen LogP contribution in [0.25, 0.3) is 10.9 Å². The average Bonchev–Trinajstić information content (AvgIpc) is 1.67. The number of likely N-dealkylation sites (N-methyl/N-ethyl adjacent to an activating group) is 1. The van der Waals surface area contributed by atoms with E-state index in [0.29, 0.717) is 41.3 Å². The van der Waals surface area contributed by atoms with Crippen molar-refractivity contribution in [1.29, 1.82) is 5.41 Å². The van der Waals surface area contributed by atoms with Crippen LogP contribution in [0, 0.1) is 5.41 Å². The number of aromatic amines is 1. The van der Waals surface area contributed by atoms with E-state index in [1.165, 1.54) is 43.1 Å². The molecule has 51 heteroatoms. The van der Waals surface area contributed by atoms with Gasteiger partial charge in [0.1, 0.15) is 78.3 Å². The van der Waals surface area contributed by atoms with E-state index < -0.39 is 279 Å². The quantitative estimate of drug-likeness (QED) is 0.00820. The minimum absolute atomic E-state index is 0.00438. The number of aliphatic hydroxyl groups is 1. The van der Waals surface area contributed by atoms with E-state index in [9.17, 15) is 126 Å². The third-order valence-electron chi connectivity index (χ3n) is 22.6. The Hall–Kier alpha value is -13.8. The number of primary amides is 1. The summed E-state index contributed by atoms with van der Waals surface area (Å²) < 4.78 is 0. The number of guanidine groups is 1. The maximum atomic E-state index is 14.8. The Morgan fingerprint density at radius 1 is 0.471 bits per heavy atom. The SMILES string of the molecule is CNCCCCC(N)C(=O)CNNCC(=O)N[C@@H](CCC(N)=O)C(=O)N[C@@H](CCCNC(=N)N)C(=O)N[C@@H](CCC(=O)O)C(=O)N[C@H](C(=O)N1CCC[C@H]1C(=O)NC(CCC(=O)O)C(=O)NCC(=O)NC(C)C(=O)N[C@@H](CCC(=O)O)C(=O)NC(C)C(=O)N[C@@H](CCCCN)C(=O)N1CCC[C@H]1C(=O)N[C@@H](Cc1c[nH]c2ccccc12)C(=O)N[C@@H](Cc1ccc(O)cc1)C(=O)C(=O)CNC)[C@@H](C)O. The van der Waals surface area contributed by atoms with Crippen LogP contribution in [0.4, 0.5) is 0 Å². The Morgan fingerprint density at radius 3 is 1.52 bits per heavy atom. The number of phenolic OH excluding ortho intramolecular Hbond substituents is 1. The fourth-order valence-corrected chi connectivity index (χ4v) is 15.1. The van der Waals surface area contributed by atoms with Crippen molar-refractivity contribution in [2.24, 2.45) is 22.9 Å². The van der Waals surface area contributed by atoms with Gasteiger partial charge in [0, 0.05) is 75.3 Å². The van der Waals surface area contributed by atoms with E-state index >= 15 is 0 Å². The van der Waals surface area contributed by atoms with E-state index in [4.69, 9.17) is 28.3 Å². The lowest BCUT2D eigenvalue weighted by Crippen LogP contribution is -2.61. The summed E-state index contributed by atoms with van der Waals surface area (Å²) in [4.78, 5) is 291. The number of carboxylic acid groups (broad SMARTS) is 3. The van der Waals surface area contributed by atoms with Gasteiger partial charge in [0.25, 0.3) is 0 Å². The smallest absolute Gasteiger partial charge is 0.303 e. The summed E-state index contributed by atoms with van der Waals surface area (Å²) in [5, 5.41) is 95.7. The number of nitrogens with one attached hydrogen (secondary N) is 19. The molecule has 2 aliphatic rings. The van der Waals surface area contributed by atoms with Crippen molar-refractivity contribution in [3.8, 4) is 5.75 Å². The summed E-state index contributed by atoms with van der Waals surface area (Å²) in [7, 11) is 3.24. The fourth-order valence-electron chi connectivity index (χ4n) is 15.1. The van der Waals surface area contributed by atoms with Gasteiger partial charge in [0.2, 0.25) is 100 Å². The van der Waals surface area contributed by atoms with Gasteiger partial charge in [0.15, 0.2) is 11.7 Å². The molecule has 0 spiro atoms. The molecule has 0 radical (unpaired) electrons. The zero-order valence-corrected chi connectivity index (χ0v) is 77.8. The van der Waals surface area contributed by atoms with Crippen molar-refractivity contribution >= 4 is 141 Å². The molecule has 0 bridgehead atoms. The van der Waals surface area contributed by atoms with Crippen LogP contribution in [0.5, 0.6) is 5.75 Å². The van der Waals surface area contributed by atoms with E-state index in [0.717, 1.165) is 31.7 Å². The topological polar surface area (TPSA) is 814 Å². The number of para-hydroxylation sites is 1. The number of hydrazine groups is 1. The number of carboxylic acids is 3. The summed E-state index contributed by atoms with van der Waals surface area (Å²) >= 11 is 0. The molecule has 15 amide bonds. The number of aliphatic hydroxyl groups excluding tert-OH is 1. The average molecular weight is 1950 g/mol. The second-order valence-electron chi connectivity index (χ2n) is 33.6. The highest BCUT2D eigenvalue weighted by molar-refractivity contribution is 6.40. The Kier molecular flexibility index (Phi) is 49.3. The molecule has 1 aromatic heterocycles. The van der Waals surface area contributed by atoms with Gasteiger partial charge < -0.3 is 143 Å². The molecule has 4 unspecified atom stereocenters. The molecule has 3 heterocycles. The van der Waals surface area contributed by atoms with Gasteiger partial charge in [-0.3, -0.25) is 106 Å². The standard InChI is InChI=1S/C87H133N25O26/c1-46(75(127)103-58(28-32-71(122)123)78(130)101-47(2)76(128)107-60(18-8-10-34-88)85(137)111-37-13-20-63(111)84(136)109-62(40-50-41-96-54-17-7-6-15-52(50)54)82(134)108-61(74(126)66(116)42-94-5)39-49-22-24-51(114)25-23-49)100-68(118)44-97-77(129)56(27-31-70(120)121)106-83(135)64-21-14-38-112(64)86(138)73(48(3)113)110-81(133)59(29-33-72(124)125)105-79(131)55(19-12-36-95-87(91)92)104-80(132)57(26-30-67(90)117)102-69(119)45-99-98-43-65(115)53(89)16-9-11-35-93-4/h6-7,15,17,22-25,41,46-48,53,55-64,73,93-94,96,98-99,113-114H,8-14,16,18-21,26-40,42-45,88-89H2,1-5H3,(H2,90,117)(H,97,129)(H,100,118)(H,101,130)(H,102,119)(H,103,127)(H,104,132)(H,105,131)(H,106,135)(H,107,128)(H,108,134)(H,109,136)(H,110,133)(H,120,121)(H,122,123)(H,124,125)(H4,91,92,95)/t46?,47?,48-,53?,55+,56?,57+,58+,59+,60+,61+,62+,63+,64+,73+/m1/s1. The molecule has 0 saturated carbocycles. The number of unbranched alkanes of at least 4 members (excludes halogenated alkanes) is 2. The first-order valence-electron chi connectivity index (χ1n) is 45.5. The normalized spacial score (nSPS) is 16.2. The number of aromatic nitrogens is 1. The van der Waals surface area contributed by atoms with Crippen LogP contribution in [0.15, 0.2) is 54.7 Å². The molecule has 2 fully saturated rings. The largest absolute Gasteiger partial charge is 0.508 e. The molecule has 3 aromatic rings. The summed E-state index contributed by atoms with van der Waals surface area (Å²) in [5.74, 6) is -22.4. The van der Waals surface area contributed by atoms with Crippen molar-refractivity contribution in [1.82, 2.24) is 105 Å². The van der Waals surface area contributed by atoms with Gasteiger partial charge in [-0.05, 0) is 174 Å². The van der Waals surface area contributed by atoms with E-state index in [1.807, 2.05) is 0 Å². The van der Waals surface area contributed by atoms with Gasteiger partial charge in [-0.2, -0.15) is 0 Å². The first kappa shape index (κ1) is 115. The van der Waals surface area contributed by atoms with Crippen molar-refractivity contribution in [3.05, 3.63) is 65.9 Å². The predicted octanol–water partition coefficient (Wildman–Crippen LogP) is -8.50. The van der Waals surface area contributed by atoms with Crippen molar-refractivity contribution in [2.75, 3.05) is 73.0 Å². The van der Waals surface area contributed by atoms with Gasteiger partial charge in [-0.15, -0.1) is 0 Å². The van der Waals surface area contributed by atoms with Gasteiger partial charge in [0.05, 0.1) is 44.4 Å². The molecular formula is C87H133N25O26. The number of rotatable bonds is 65. The highest BCUT2D eigenvalue weighted by Gasteiger charge is 2.44. The van der Waals surface area contributed by atoms with Crippen LogP contribution in [0.2, 0.25) is 0 Å². The number of hydrogen-bond donors (Lipinski definition) is 28. The number of amides is 15. The maximum absolute atomic E-state index is 14.8. The molecule has 0 aliphatic carbocycles. The van der Waals surface area contributed by atoms with Gasteiger partial charge in [-0.1, -0.05) is 36.8 Å². The summed E-state index contributed by atoms with van der Waals surface area (Å²) in [6.07, 6.45) is -3.24. The maximum Gasteiger partial charge on any atom is 0.303 e. The van der Waals surface area contributed by atoms with Crippen LogP contribution in [0.3, 0.4) is 0 Å². The van der Waals surface area contributed by atoms with Crippen LogP contribution >= 0.6 is 0 Å². The van der Waals surface area contributed by atoms with Gasteiger partial charge >= 0.3 is 17.9 Å². The number of likely N-dealkylation sites (tertiary alicyclic amines) is 2. The van der Waals surface area contributed by atoms with Crippen LogP contribution in [0.1, 0.15) is 160 Å². The monoisotopic (exact) mass is 1940 g/mol. The Labute approximate surface area is 794 Å². The molecule has 15 atom stereocenters. The molecule has 2 saturated heterocycles. The van der Waals surface area contributed by atoms with Crippen LogP contribution in [-0.2, 0) is 114 Å². The summed E-state index contributed by atoms with van der Waals surface area (Å²) in [6, 6.07) is -8.65. The number of phenols is 1. The highest BCUT2D eigenvalue weighted by atomic mass is 16.4. The Balaban J connectivity index is 1.24. The molecule has 32 N–H and O–H groups in total. The van der Waals surface area contributed by atoms with Crippen LogP contribution < -0.4 is 114 Å². The summed E-state index contributed by atoms with van der Waals surface area (Å²) in [5.41, 5.74) is 29.5. The number of nitrogens with two attached hydrogens (primary N) is 4. The molecule has 5 rings (SSSR count). The highest BCUT2D eigenvalue weighted by Crippen LogP contribution is 2.25. The third kappa shape index (κ3) is 39.5. The first-order chi connectivity index (χ1) is 65.5. The van der Waals surface area contributed by atoms with E-state index in [-0.39, 0.29) is 115 Å². The zero-order chi connectivity index (χ0) is 102. The lowest BCUT2D eigenvalue weighted by molar-refractivity contribution is -0.145. The minimum atomic E-state index is -1.98. The number of aliphatic carboxylic acids is 3. The summed E-state index contributed by atoms with van der Waals surface area (Å²) in [6.45, 7) is 1.84. The second kappa shape index (κ2) is 59.3. The number of aromatic hydroxyl groups is 1. The number of carbonyl (C=O) groups excluding carboxylic acids is 18. The number of ketones is 3. The molecular weight excluding hydrogens is 1810 g/mol. The molecule has 2 aliphatic heterocycles. The molecule has 2 aromatic carbocycles. The number of H-pyrrole nitrogens is 1. The number of hydrogen-bond acceptors (Lipinski definition) is 30. The van der Waals surface area contributed by atoms with E-state index in [2.05, 4.69) is 95.6 Å². The number of carbonyl (C=O) groups is 21. The van der Waals surface area contributed by atoms with Crippen molar-refractivity contribution < 1.29 is 126 Å². The van der Waals surface area contributed by atoms with Crippen molar-refractivity contribution in [2.45, 2.75) is 253 Å². The van der Waals surface area contributed by atoms with Crippen molar-refractivity contribution in [3.63, 3.8) is 0 Å². The number of fused-ring (bicyclic) bond motifs is 1.